The lowest BCUT2D eigenvalue weighted by molar-refractivity contribution is -0.0586. The van der Waals surface area contributed by atoms with Crippen LogP contribution in [0.3, 0.4) is 0 Å². The van der Waals surface area contributed by atoms with Crippen LogP contribution in [0.2, 0.25) is 0 Å². The van der Waals surface area contributed by atoms with E-state index in [9.17, 15) is 9.59 Å². The van der Waals surface area contributed by atoms with Gasteiger partial charge in [0, 0.05) is 42.1 Å². The Morgan fingerprint density at radius 3 is 2.51 bits per heavy atom. The van der Waals surface area contributed by atoms with Crippen LogP contribution >= 0.6 is 0 Å². The van der Waals surface area contributed by atoms with Crippen LogP contribution in [-0.4, -0.2) is 51.1 Å². The highest BCUT2D eigenvalue weighted by molar-refractivity contribution is 5.94. The van der Waals surface area contributed by atoms with Gasteiger partial charge in [-0.1, -0.05) is 6.07 Å². The van der Waals surface area contributed by atoms with Crippen molar-refractivity contribution in [2.75, 3.05) is 18.4 Å². The van der Waals surface area contributed by atoms with Gasteiger partial charge in [0.1, 0.15) is 5.82 Å². The topological polar surface area (TPSA) is 100 Å². The number of H-pyrrole nitrogens is 1. The van der Waals surface area contributed by atoms with E-state index >= 15 is 0 Å². The summed E-state index contributed by atoms with van der Waals surface area (Å²) in [6, 6.07) is 17.0. The molecule has 1 aliphatic heterocycles. The van der Waals surface area contributed by atoms with Gasteiger partial charge < -0.3 is 19.9 Å². The fourth-order valence-electron chi connectivity index (χ4n) is 4.98. The van der Waals surface area contributed by atoms with E-state index in [1.165, 1.54) is 0 Å². The first-order chi connectivity index (χ1) is 17.8. The number of hydrogen-bond acceptors (Lipinski definition) is 6. The standard InChI is InChI=1S/C29H31N5O3/c1-17-15-34(16-18(2)37-17)29(36)21-8-10-22(11-9-21)31-19(3)23-13-25-27(32-20(4)33-28(25)35)14-24(23)26-7-5-6-12-30-26/h5-14,17-19,31H,15-16H2,1-4H3,(H,32,33,35). The second kappa shape index (κ2) is 10.1. The maximum absolute atomic E-state index is 13.0. The number of nitrogens with one attached hydrogen (secondary N) is 2. The first kappa shape index (κ1) is 24.6. The summed E-state index contributed by atoms with van der Waals surface area (Å²) in [5.74, 6) is 0.578. The summed E-state index contributed by atoms with van der Waals surface area (Å²) in [7, 11) is 0. The second-order valence-corrected chi connectivity index (χ2v) is 9.73. The number of aromatic nitrogens is 3. The quantitative estimate of drug-likeness (QED) is 0.414. The Hall–Kier alpha value is -4.04. The number of ether oxygens (including phenoxy) is 1. The lowest BCUT2D eigenvalue weighted by Crippen LogP contribution is -2.48. The van der Waals surface area contributed by atoms with Crippen LogP contribution in [-0.2, 0) is 4.74 Å². The van der Waals surface area contributed by atoms with Gasteiger partial charge in [-0.2, -0.15) is 0 Å². The van der Waals surface area contributed by atoms with Crippen LogP contribution in [0, 0.1) is 6.92 Å². The van der Waals surface area contributed by atoms with Crippen molar-refractivity contribution in [2.45, 2.75) is 45.9 Å². The van der Waals surface area contributed by atoms with Crippen molar-refractivity contribution in [3.8, 4) is 11.3 Å². The van der Waals surface area contributed by atoms with E-state index in [0.717, 1.165) is 22.5 Å². The fraction of sp³-hybridized carbons (Fsp3) is 0.310. The van der Waals surface area contributed by atoms with Gasteiger partial charge in [0.2, 0.25) is 0 Å². The summed E-state index contributed by atoms with van der Waals surface area (Å²) in [4.78, 5) is 39.4. The number of fused-ring (bicyclic) bond motifs is 1. The normalized spacial score (nSPS) is 18.5. The van der Waals surface area contributed by atoms with Crippen molar-refractivity contribution < 1.29 is 9.53 Å². The largest absolute Gasteiger partial charge is 0.378 e. The molecule has 5 rings (SSSR count). The van der Waals surface area contributed by atoms with E-state index in [1.54, 1.807) is 13.1 Å². The Labute approximate surface area is 215 Å². The molecule has 0 bridgehead atoms. The predicted molar refractivity (Wildman–Crippen MR) is 145 cm³/mol. The molecule has 4 aromatic rings. The molecule has 3 unspecified atom stereocenters. The molecule has 2 N–H and O–H groups in total. The molecular formula is C29H31N5O3. The highest BCUT2D eigenvalue weighted by Gasteiger charge is 2.26. The average molecular weight is 498 g/mol. The minimum atomic E-state index is -0.168. The first-order valence-electron chi connectivity index (χ1n) is 12.6. The summed E-state index contributed by atoms with van der Waals surface area (Å²) in [6.07, 6.45) is 1.80. The third-order valence-electron chi connectivity index (χ3n) is 6.62. The third kappa shape index (κ3) is 5.24. The van der Waals surface area contributed by atoms with E-state index in [-0.39, 0.29) is 29.7 Å². The highest BCUT2D eigenvalue weighted by Crippen LogP contribution is 2.32. The van der Waals surface area contributed by atoms with Gasteiger partial charge in [0.15, 0.2) is 0 Å². The van der Waals surface area contributed by atoms with Gasteiger partial charge in [-0.3, -0.25) is 14.6 Å². The highest BCUT2D eigenvalue weighted by atomic mass is 16.5. The predicted octanol–water partition coefficient (Wildman–Crippen LogP) is 4.72. The van der Waals surface area contributed by atoms with Gasteiger partial charge in [-0.05, 0) is 81.8 Å². The van der Waals surface area contributed by atoms with Gasteiger partial charge in [0.25, 0.3) is 11.5 Å². The molecule has 190 valence electrons. The molecular weight excluding hydrogens is 466 g/mol. The molecule has 8 nitrogen and oxygen atoms in total. The fourth-order valence-corrected chi connectivity index (χ4v) is 4.98. The number of rotatable bonds is 5. The summed E-state index contributed by atoms with van der Waals surface area (Å²) >= 11 is 0. The molecule has 0 spiro atoms. The number of pyridine rings is 1. The monoisotopic (exact) mass is 497 g/mol. The molecule has 0 radical (unpaired) electrons. The van der Waals surface area contributed by atoms with Gasteiger partial charge in [-0.15, -0.1) is 0 Å². The van der Waals surface area contributed by atoms with Crippen molar-refractivity contribution in [1.82, 2.24) is 19.9 Å². The van der Waals surface area contributed by atoms with Gasteiger partial charge in [-0.25, -0.2) is 4.98 Å². The molecule has 1 saturated heterocycles. The van der Waals surface area contributed by atoms with Crippen LogP contribution in [0.5, 0.6) is 0 Å². The molecule has 8 heteroatoms. The SMILES string of the molecule is Cc1nc2cc(-c3ccccn3)c(C(C)Nc3ccc(C(=O)N4CC(C)OC(C)C4)cc3)cc2c(=O)[nH]1. The van der Waals surface area contributed by atoms with Crippen LogP contribution in [0.15, 0.2) is 65.6 Å². The zero-order valence-electron chi connectivity index (χ0n) is 21.5. The summed E-state index contributed by atoms with van der Waals surface area (Å²) in [5.41, 5.74) is 4.63. The van der Waals surface area contributed by atoms with Crippen LogP contribution in [0.1, 0.15) is 48.6 Å². The Kier molecular flexibility index (Phi) is 6.76. The summed E-state index contributed by atoms with van der Waals surface area (Å²) in [5, 5.41) is 4.05. The van der Waals surface area contributed by atoms with Crippen molar-refractivity contribution in [2.24, 2.45) is 0 Å². The van der Waals surface area contributed by atoms with Crippen LogP contribution in [0.25, 0.3) is 22.2 Å². The van der Waals surface area contributed by atoms with Crippen molar-refractivity contribution in [3.05, 3.63) is 88.1 Å². The van der Waals surface area contributed by atoms with Gasteiger partial charge >= 0.3 is 0 Å². The Morgan fingerprint density at radius 1 is 1.11 bits per heavy atom. The zero-order chi connectivity index (χ0) is 26.1. The molecule has 0 aliphatic carbocycles. The van der Waals surface area contributed by atoms with E-state index in [4.69, 9.17) is 4.74 Å². The van der Waals surface area contributed by atoms with Crippen LogP contribution in [0.4, 0.5) is 5.69 Å². The number of carbonyl (C=O) groups excluding carboxylic acids is 1. The molecule has 1 fully saturated rings. The van der Waals surface area contributed by atoms with Crippen molar-refractivity contribution in [3.63, 3.8) is 0 Å². The second-order valence-electron chi connectivity index (χ2n) is 9.73. The molecule has 0 saturated carbocycles. The number of nitrogens with zero attached hydrogens (tertiary/aromatic N) is 3. The molecule has 3 atom stereocenters. The number of hydrogen-bond donors (Lipinski definition) is 2. The number of carbonyl (C=O) groups is 1. The lowest BCUT2D eigenvalue weighted by atomic mass is 9.96. The maximum atomic E-state index is 13.0. The number of anilines is 1. The number of morpholine rings is 1. The molecule has 37 heavy (non-hydrogen) atoms. The first-order valence-corrected chi connectivity index (χ1v) is 12.6. The average Bonchev–Trinajstić information content (AvgIpc) is 2.88. The zero-order valence-corrected chi connectivity index (χ0v) is 21.5. The van der Waals surface area contributed by atoms with Crippen LogP contribution < -0.4 is 10.9 Å². The molecule has 2 aromatic heterocycles. The van der Waals surface area contributed by atoms with Crippen molar-refractivity contribution in [1.29, 1.82) is 0 Å². The van der Waals surface area contributed by atoms with E-state index in [2.05, 4.69) is 20.3 Å². The summed E-state index contributed by atoms with van der Waals surface area (Å²) < 4.78 is 5.76. The van der Waals surface area contributed by atoms with E-state index in [0.29, 0.717) is 35.4 Å². The maximum Gasteiger partial charge on any atom is 0.258 e. The molecule has 3 heterocycles. The minimum absolute atomic E-state index is 0.00980. The Bertz CT molecular complexity index is 1470. The van der Waals surface area contributed by atoms with E-state index in [1.807, 2.05) is 80.3 Å². The van der Waals surface area contributed by atoms with E-state index < -0.39 is 0 Å². The number of amides is 1. The Morgan fingerprint density at radius 2 is 1.84 bits per heavy atom. The number of benzene rings is 2. The number of aromatic amines is 1. The Balaban J connectivity index is 1.43. The molecule has 1 amide bonds. The van der Waals surface area contributed by atoms with Crippen molar-refractivity contribution >= 4 is 22.5 Å². The molecule has 1 aliphatic rings. The molecule has 2 aromatic carbocycles. The number of aryl methyl sites for hydroxylation is 1. The summed E-state index contributed by atoms with van der Waals surface area (Å²) in [6.45, 7) is 8.97. The third-order valence-corrected chi connectivity index (χ3v) is 6.62. The smallest absolute Gasteiger partial charge is 0.258 e. The van der Waals surface area contributed by atoms with Gasteiger partial charge in [0.05, 0.1) is 28.8 Å². The lowest BCUT2D eigenvalue weighted by Gasteiger charge is -2.35. The minimum Gasteiger partial charge on any atom is -0.378 e.